The first kappa shape index (κ1) is 12.8. The number of hydrogen-bond donors (Lipinski definition) is 3. The van der Waals surface area contributed by atoms with Crippen LogP contribution in [0.15, 0.2) is 23.5 Å². The van der Waals surface area contributed by atoms with Crippen molar-refractivity contribution < 1.29 is 14.8 Å². The van der Waals surface area contributed by atoms with Gasteiger partial charge in [0.15, 0.2) is 5.84 Å². The topological polar surface area (TPSA) is 121 Å². The molecular weight excluding hydrogens is 250 g/mol. The third kappa shape index (κ3) is 2.79. The molecule has 1 aromatic rings. The highest BCUT2D eigenvalue weighted by Gasteiger charge is 2.23. The first-order chi connectivity index (χ1) is 9.11. The molecule has 0 bridgehead atoms. The van der Waals surface area contributed by atoms with Crippen LogP contribution >= 0.6 is 0 Å². The number of amides is 2. The van der Waals surface area contributed by atoms with Crippen LogP contribution in [-0.2, 0) is 4.79 Å². The number of carbonyl (C=O) groups is 2. The molecule has 8 heteroatoms. The fraction of sp³-hybridized carbons (Fsp3) is 0.273. The highest BCUT2D eigenvalue weighted by atomic mass is 16.4. The van der Waals surface area contributed by atoms with Gasteiger partial charge in [-0.15, -0.1) is 0 Å². The number of piperazine rings is 1. The Hall–Kier alpha value is -2.64. The van der Waals surface area contributed by atoms with E-state index in [0.29, 0.717) is 18.7 Å². The monoisotopic (exact) mass is 263 g/mol. The van der Waals surface area contributed by atoms with Crippen molar-refractivity contribution in [2.45, 2.75) is 0 Å². The quantitative estimate of drug-likeness (QED) is 0.266. The molecule has 1 aromatic heterocycles. The fourth-order valence-corrected chi connectivity index (χ4v) is 1.70. The van der Waals surface area contributed by atoms with Crippen molar-refractivity contribution in [3.8, 4) is 0 Å². The maximum atomic E-state index is 12.1. The Labute approximate surface area is 108 Å². The average molecular weight is 263 g/mol. The van der Waals surface area contributed by atoms with Gasteiger partial charge >= 0.3 is 0 Å². The molecule has 0 atom stereocenters. The van der Waals surface area contributed by atoms with Gasteiger partial charge < -0.3 is 21.2 Å². The number of oxime groups is 1. The summed E-state index contributed by atoms with van der Waals surface area (Å²) >= 11 is 0. The van der Waals surface area contributed by atoms with Crippen LogP contribution in [0.3, 0.4) is 0 Å². The molecule has 0 aliphatic carbocycles. The van der Waals surface area contributed by atoms with Crippen LogP contribution < -0.4 is 11.1 Å². The summed E-state index contributed by atoms with van der Waals surface area (Å²) in [6, 6.07) is 3.00. The van der Waals surface area contributed by atoms with Gasteiger partial charge in [-0.1, -0.05) is 5.16 Å². The molecule has 1 fully saturated rings. The van der Waals surface area contributed by atoms with E-state index in [1.54, 1.807) is 0 Å². The molecule has 2 amide bonds. The van der Waals surface area contributed by atoms with Crippen molar-refractivity contribution >= 4 is 17.6 Å². The summed E-state index contributed by atoms with van der Waals surface area (Å²) in [7, 11) is 0. The third-order valence-corrected chi connectivity index (χ3v) is 2.71. The highest BCUT2D eigenvalue weighted by molar-refractivity contribution is 5.98. The smallest absolute Gasteiger partial charge is 0.272 e. The van der Waals surface area contributed by atoms with E-state index in [-0.39, 0.29) is 29.9 Å². The molecule has 100 valence electrons. The molecule has 4 N–H and O–H groups in total. The first-order valence-corrected chi connectivity index (χ1v) is 5.61. The Balaban J connectivity index is 2.13. The van der Waals surface area contributed by atoms with Crippen molar-refractivity contribution in [1.29, 1.82) is 0 Å². The minimum Gasteiger partial charge on any atom is -0.409 e. The zero-order chi connectivity index (χ0) is 13.8. The maximum Gasteiger partial charge on any atom is 0.272 e. The number of hydrogen-bond acceptors (Lipinski definition) is 5. The molecule has 0 saturated carbocycles. The standard InChI is InChI=1S/C11H13N5O3/c12-10(15-19)7-1-2-8(14-5-7)11(18)16-4-3-13-9(17)6-16/h1-2,5,19H,3-4,6H2,(H2,12,15)(H,13,17). The second-order valence-corrected chi connectivity index (χ2v) is 3.99. The molecule has 19 heavy (non-hydrogen) atoms. The Bertz CT molecular complexity index is 526. The Morgan fingerprint density at radius 2 is 2.32 bits per heavy atom. The van der Waals surface area contributed by atoms with Gasteiger partial charge in [0, 0.05) is 24.8 Å². The largest absolute Gasteiger partial charge is 0.409 e. The van der Waals surface area contributed by atoms with Crippen molar-refractivity contribution in [2.75, 3.05) is 19.6 Å². The van der Waals surface area contributed by atoms with Crippen LogP contribution in [0.1, 0.15) is 16.1 Å². The normalized spacial score (nSPS) is 16.1. The summed E-state index contributed by atoms with van der Waals surface area (Å²) in [5.41, 5.74) is 6.02. The summed E-state index contributed by atoms with van der Waals surface area (Å²) < 4.78 is 0. The lowest BCUT2D eigenvalue weighted by molar-refractivity contribution is -0.123. The van der Waals surface area contributed by atoms with Crippen molar-refractivity contribution in [1.82, 2.24) is 15.2 Å². The van der Waals surface area contributed by atoms with Crippen LogP contribution in [0.5, 0.6) is 0 Å². The van der Waals surface area contributed by atoms with Crippen LogP contribution in [0.4, 0.5) is 0 Å². The minimum atomic E-state index is -0.319. The maximum absolute atomic E-state index is 12.1. The number of aromatic nitrogens is 1. The third-order valence-electron chi connectivity index (χ3n) is 2.71. The van der Waals surface area contributed by atoms with Gasteiger partial charge in [-0.2, -0.15) is 0 Å². The molecule has 8 nitrogen and oxygen atoms in total. The second kappa shape index (κ2) is 5.34. The van der Waals surface area contributed by atoms with Crippen molar-refractivity contribution in [3.63, 3.8) is 0 Å². The number of rotatable bonds is 2. The van der Waals surface area contributed by atoms with Gasteiger partial charge in [0.05, 0.1) is 6.54 Å². The molecule has 1 saturated heterocycles. The molecule has 0 aromatic carbocycles. The Kier molecular flexibility index (Phi) is 3.60. The molecule has 0 unspecified atom stereocenters. The molecule has 2 rings (SSSR count). The second-order valence-electron chi connectivity index (χ2n) is 3.99. The van der Waals surface area contributed by atoms with Crippen molar-refractivity contribution in [2.24, 2.45) is 10.9 Å². The molecule has 1 aliphatic rings. The predicted octanol–water partition coefficient (Wildman–Crippen LogP) is -1.25. The SMILES string of the molecule is NC(=NO)c1ccc(C(=O)N2CCNC(=O)C2)nc1. The first-order valence-electron chi connectivity index (χ1n) is 5.61. The molecule has 2 heterocycles. The summed E-state index contributed by atoms with van der Waals surface area (Å²) in [5, 5.41) is 14.0. The van der Waals surface area contributed by atoms with Crippen LogP contribution in [0, 0.1) is 0 Å². The van der Waals surface area contributed by atoms with Gasteiger partial charge in [0.1, 0.15) is 5.69 Å². The van der Waals surface area contributed by atoms with E-state index in [2.05, 4.69) is 15.5 Å². The zero-order valence-electron chi connectivity index (χ0n) is 10.0. The summed E-state index contributed by atoms with van der Waals surface area (Å²) in [6.45, 7) is 0.920. The van der Waals surface area contributed by atoms with Gasteiger partial charge in [-0.25, -0.2) is 0 Å². The lowest BCUT2D eigenvalue weighted by atomic mass is 10.2. The number of carbonyl (C=O) groups excluding carboxylic acids is 2. The minimum absolute atomic E-state index is 0.0303. The number of pyridine rings is 1. The van der Waals surface area contributed by atoms with E-state index in [0.717, 1.165) is 0 Å². The van der Waals surface area contributed by atoms with E-state index in [1.807, 2.05) is 0 Å². The molecule has 0 radical (unpaired) electrons. The van der Waals surface area contributed by atoms with E-state index >= 15 is 0 Å². The summed E-state index contributed by atoms with van der Waals surface area (Å²) in [6.07, 6.45) is 1.34. The number of nitrogens with one attached hydrogen (secondary N) is 1. The van der Waals surface area contributed by atoms with E-state index in [1.165, 1.54) is 23.2 Å². The van der Waals surface area contributed by atoms with E-state index in [9.17, 15) is 9.59 Å². The number of amidine groups is 1. The Morgan fingerprint density at radius 3 is 2.89 bits per heavy atom. The van der Waals surface area contributed by atoms with E-state index in [4.69, 9.17) is 10.9 Å². The fourth-order valence-electron chi connectivity index (χ4n) is 1.70. The van der Waals surface area contributed by atoms with Gasteiger partial charge in [0.2, 0.25) is 5.91 Å². The molecule has 1 aliphatic heterocycles. The summed E-state index contributed by atoms with van der Waals surface area (Å²) in [5.74, 6) is -0.586. The number of nitrogens with zero attached hydrogens (tertiary/aromatic N) is 3. The molecule has 0 spiro atoms. The lowest BCUT2D eigenvalue weighted by Crippen LogP contribution is -2.50. The van der Waals surface area contributed by atoms with Crippen LogP contribution in [0.2, 0.25) is 0 Å². The van der Waals surface area contributed by atoms with Gasteiger partial charge in [0.25, 0.3) is 5.91 Å². The molecular formula is C11H13N5O3. The lowest BCUT2D eigenvalue weighted by Gasteiger charge is -2.26. The van der Waals surface area contributed by atoms with Crippen LogP contribution in [0.25, 0.3) is 0 Å². The Morgan fingerprint density at radius 1 is 1.53 bits per heavy atom. The summed E-state index contributed by atoms with van der Waals surface area (Å²) in [4.78, 5) is 28.6. The van der Waals surface area contributed by atoms with E-state index < -0.39 is 0 Å². The van der Waals surface area contributed by atoms with Crippen molar-refractivity contribution in [3.05, 3.63) is 29.6 Å². The number of nitrogens with two attached hydrogens (primary N) is 1. The van der Waals surface area contributed by atoms with Gasteiger partial charge in [-0.05, 0) is 12.1 Å². The highest BCUT2D eigenvalue weighted by Crippen LogP contribution is 2.05. The van der Waals surface area contributed by atoms with Gasteiger partial charge in [-0.3, -0.25) is 14.6 Å². The average Bonchev–Trinajstić information content (AvgIpc) is 2.46. The van der Waals surface area contributed by atoms with Crippen LogP contribution in [-0.4, -0.2) is 52.4 Å². The zero-order valence-corrected chi connectivity index (χ0v) is 10.0. The predicted molar refractivity (Wildman–Crippen MR) is 65.7 cm³/mol.